The first-order valence-corrected chi connectivity index (χ1v) is 6.99. The molecule has 0 radical (unpaired) electrons. The van der Waals surface area contributed by atoms with Gasteiger partial charge in [-0.2, -0.15) is 0 Å². The van der Waals surface area contributed by atoms with Gasteiger partial charge in [0.15, 0.2) is 0 Å². The first-order chi connectivity index (χ1) is 9.16. The Morgan fingerprint density at radius 1 is 1.32 bits per heavy atom. The molecule has 0 aromatic heterocycles. The van der Waals surface area contributed by atoms with E-state index in [2.05, 4.69) is 4.90 Å². The number of aliphatic hydroxyl groups excluding tert-OH is 1. The van der Waals surface area contributed by atoms with E-state index >= 15 is 0 Å². The lowest BCUT2D eigenvalue weighted by atomic mass is 10.1. The fourth-order valence-electron chi connectivity index (χ4n) is 2.44. The van der Waals surface area contributed by atoms with Crippen molar-refractivity contribution in [1.29, 1.82) is 0 Å². The van der Waals surface area contributed by atoms with Crippen LogP contribution in [0.15, 0.2) is 18.2 Å². The lowest BCUT2D eigenvalue weighted by Gasteiger charge is -2.26. The number of benzene rings is 1. The molecule has 1 heterocycles. The van der Waals surface area contributed by atoms with Crippen molar-refractivity contribution in [2.45, 2.75) is 32.3 Å². The summed E-state index contributed by atoms with van der Waals surface area (Å²) in [4.78, 5) is 2.38. The van der Waals surface area contributed by atoms with Gasteiger partial charge in [-0.15, -0.1) is 0 Å². The van der Waals surface area contributed by atoms with Crippen LogP contribution >= 0.6 is 0 Å². The van der Waals surface area contributed by atoms with Crippen LogP contribution in [0.4, 0.5) is 4.39 Å². The van der Waals surface area contributed by atoms with Gasteiger partial charge in [0.1, 0.15) is 18.2 Å². The smallest absolute Gasteiger partial charge is 0.125 e. The lowest BCUT2D eigenvalue weighted by Crippen LogP contribution is -2.33. The van der Waals surface area contributed by atoms with Crippen LogP contribution in [-0.2, 0) is 0 Å². The van der Waals surface area contributed by atoms with Crippen LogP contribution in [0.3, 0.4) is 0 Å². The van der Waals surface area contributed by atoms with Gasteiger partial charge >= 0.3 is 0 Å². The molecule has 106 valence electrons. The molecule has 19 heavy (non-hydrogen) atoms. The summed E-state index contributed by atoms with van der Waals surface area (Å²) < 4.78 is 18.8. The molecule has 0 aliphatic carbocycles. The molecule has 1 N–H and O–H groups in total. The molecule has 1 aliphatic rings. The van der Waals surface area contributed by atoms with E-state index in [-0.39, 0.29) is 5.82 Å². The topological polar surface area (TPSA) is 32.7 Å². The Morgan fingerprint density at radius 3 is 2.74 bits per heavy atom. The third-order valence-corrected chi connectivity index (χ3v) is 3.54. The number of ether oxygens (including phenoxy) is 1. The molecule has 1 atom stereocenters. The highest BCUT2D eigenvalue weighted by Crippen LogP contribution is 2.26. The van der Waals surface area contributed by atoms with Gasteiger partial charge in [-0.3, -0.25) is 4.90 Å². The fraction of sp³-hybridized carbons (Fsp3) is 0.600. The van der Waals surface area contributed by atoms with Crippen LogP contribution in [0.25, 0.3) is 0 Å². The van der Waals surface area contributed by atoms with E-state index in [4.69, 9.17) is 4.74 Å². The van der Waals surface area contributed by atoms with Crippen molar-refractivity contribution in [3.63, 3.8) is 0 Å². The Hall–Kier alpha value is -1.13. The van der Waals surface area contributed by atoms with E-state index in [1.807, 2.05) is 0 Å². The second-order valence-electron chi connectivity index (χ2n) is 5.11. The maximum atomic E-state index is 13.1. The first-order valence-electron chi connectivity index (χ1n) is 6.99. The summed E-state index contributed by atoms with van der Waals surface area (Å²) in [5.74, 6) is 0.229. The maximum absolute atomic E-state index is 13.1. The minimum absolute atomic E-state index is 0.348. The molecule has 0 bridgehead atoms. The zero-order valence-electron chi connectivity index (χ0n) is 11.4. The van der Waals surface area contributed by atoms with Gasteiger partial charge in [-0.25, -0.2) is 4.39 Å². The number of hydrogen-bond donors (Lipinski definition) is 1. The Bertz CT molecular complexity index is 403. The Labute approximate surface area is 114 Å². The van der Waals surface area contributed by atoms with Crippen molar-refractivity contribution < 1.29 is 14.2 Å². The Balaban J connectivity index is 1.88. The van der Waals surface area contributed by atoms with Crippen LogP contribution in [0.5, 0.6) is 5.75 Å². The number of rotatable bonds is 5. The largest absolute Gasteiger partial charge is 0.492 e. The summed E-state index contributed by atoms with van der Waals surface area (Å²) in [6, 6.07) is 4.29. The van der Waals surface area contributed by atoms with Crippen molar-refractivity contribution in [2.75, 3.05) is 26.2 Å². The molecule has 0 spiro atoms. The van der Waals surface area contributed by atoms with Gasteiger partial charge in [-0.1, -0.05) is 6.42 Å². The molecule has 1 fully saturated rings. The molecule has 1 aromatic carbocycles. The van der Waals surface area contributed by atoms with Crippen LogP contribution in [-0.4, -0.2) is 36.2 Å². The van der Waals surface area contributed by atoms with E-state index < -0.39 is 6.10 Å². The highest BCUT2D eigenvalue weighted by molar-refractivity contribution is 5.35. The monoisotopic (exact) mass is 267 g/mol. The number of piperidine rings is 1. The van der Waals surface area contributed by atoms with Crippen molar-refractivity contribution in [3.05, 3.63) is 29.6 Å². The molecule has 1 unspecified atom stereocenters. The van der Waals surface area contributed by atoms with E-state index in [1.54, 1.807) is 13.0 Å². The number of hydrogen-bond acceptors (Lipinski definition) is 3. The predicted molar refractivity (Wildman–Crippen MR) is 72.8 cm³/mol. The van der Waals surface area contributed by atoms with Gasteiger partial charge in [0.2, 0.25) is 0 Å². The predicted octanol–water partition coefficient (Wildman–Crippen LogP) is 2.74. The summed E-state index contributed by atoms with van der Waals surface area (Å²) in [5, 5.41) is 9.62. The zero-order valence-corrected chi connectivity index (χ0v) is 11.4. The Kier molecular flexibility index (Phi) is 5.16. The van der Waals surface area contributed by atoms with Crippen LogP contribution < -0.4 is 4.74 Å². The standard InChI is InChI=1S/C15H22FNO2/c1-12(18)14-11-13(16)5-6-15(14)19-10-9-17-7-3-2-4-8-17/h5-6,11-12,18H,2-4,7-10H2,1H3. The van der Waals surface area contributed by atoms with E-state index in [0.29, 0.717) is 17.9 Å². The van der Waals surface area contributed by atoms with Crippen molar-refractivity contribution in [1.82, 2.24) is 4.90 Å². The number of likely N-dealkylation sites (tertiary alicyclic amines) is 1. The second kappa shape index (κ2) is 6.87. The molecular weight excluding hydrogens is 245 g/mol. The molecule has 1 aliphatic heterocycles. The number of halogens is 1. The quantitative estimate of drug-likeness (QED) is 0.890. The zero-order chi connectivity index (χ0) is 13.7. The van der Waals surface area contributed by atoms with Gasteiger partial charge in [-0.05, 0) is 51.1 Å². The molecular formula is C15H22FNO2. The number of aliphatic hydroxyl groups is 1. The van der Waals surface area contributed by atoms with Crippen LogP contribution in [0, 0.1) is 5.82 Å². The van der Waals surface area contributed by atoms with Crippen LogP contribution in [0.2, 0.25) is 0 Å². The highest BCUT2D eigenvalue weighted by Gasteiger charge is 2.12. The summed E-state index contributed by atoms with van der Waals surface area (Å²) in [6.45, 7) is 5.35. The summed E-state index contributed by atoms with van der Waals surface area (Å²) in [6.07, 6.45) is 3.12. The van der Waals surface area contributed by atoms with Gasteiger partial charge in [0.05, 0.1) is 6.10 Å². The Morgan fingerprint density at radius 2 is 2.05 bits per heavy atom. The first kappa shape index (κ1) is 14.3. The van der Waals surface area contributed by atoms with E-state index in [1.165, 1.54) is 31.4 Å². The average Bonchev–Trinajstić information content (AvgIpc) is 2.41. The summed E-state index contributed by atoms with van der Waals surface area (Å²) in [7, 11) is 0. The van der Waals surface area contributed by atoms with Crippen molar-refractivity contribution in [3.8, 4) is 5.75 Å². The molecule has 0 amide bonds. The van der Waals surface area contributed by atoms with Gasteiger partial charge < -0.3 is 9.84 Å². The SMILES string of the molecule is CC(O)c1cc(F)ccc1OCCN1CCCCC1. The normalized spacial score (nSPS) is 18.3. The van der Waals surface area contributed by atoms with Crippen LogP contribution in [0.1, 0.15) is 37.9 Å². The van der Waals surface area contributed by atoms with Gasteiger partial charge in [0.25, 0.3) is 0 Å². The van der Waals surface area contributed by atoms with E-state index in [0.717, 1.165) is 19.6 Å². The fourth-order valence-corrected chi connectivity index (χ4v) is 2.44. The molecule has 4 heteroatoms. The third kappa shape index (κ3) is 4.18. The molecule has 1 aromatic rings. The summed E-state index contributed by atoms with van der Waals surface area (Å²) >= 11 is 0. The highest BCUT2D eigenvalue weighted by atomic mass is 19.1. The molecule has 3 nitrogen and oxygen atoms in total. The van der Waals surface area contributed by atoms with Gasteiger partial charge in [0, 0.05) is 12.1 Å². The summed E-state index contributed by atoms with van der Waals surface area (Å²) in [5.41, 5.74) is 0.513. The maximum Gasteiger partial charge on any atom is 0.125 e. The minimum Gasteiger partial charge on any atom is -0.492 e. The lowest BCUT2D eigenvalue weighted by molar-refractivity contribution is 0.171. The molecule has 1 saturated heterocycles. The van der Waals surface area contributed by atoms with Crippen molar-refractivity contribution >= 4 is 0 Å². The average molecular weight is 267 g/mol. The third-order valence-electron chi connectivity index (χ3n) is 3.54. The van der Waals surface area contributed by atoms with Crippen molar-refractivity contribution in [2.24, 2.45) is 0 Å². The molecule has 2 rings (SSSR count). The number of nitrogens with zero attached hydrogens (tertiary/aromatic N) is 1. The second-order valence-corrected chi connectivity index (χ2v) is 5.11. The van der Waals surface area contributed by atoms with E-state index in [9.17, 15) is 9.50 Å². The molecule has 0 saturated carbocycles. The minimum atomic E-state index is -0.722.